The third kappa shape index (κ3) is 2.25. The van der Waals surface area contributed by atoms with E-state index in [0.29, 0.717) is 11.4 Å². The summed E-state index contributed by atoms with van der Waals surface area (Å²) in [6.07, 6.45) is 0. The third-order valence-electron chi connectivity index (χ3n) is 3.40. The highest BCUT2D eigenvalue weighted by atomic mass is 16.2. The summed E-state index contributed by atoms with van der Waals surface area (Å²) >= 11 is 0. The van der Waals surface area contributed by atoms with Gasteiger partial charge in [0, 0.05) is 11.3 Å². The van der Waals surface area contributed by atoms with Crippen LogP contribution in [0.1, 0.15) is 11.3 Å². The molecule has 3 rings (SSSR count). The van der Waals surface area contributed by atoms with Crippen molar-refractivity contribution < 1.29 is 4.79 Å². The van der Waals surface area contributed by atoms with E-state index in [2.05, 4.69) is 15.6 Å². The van der Waals surface area contributed by atoms with Crippen LogP contribution in [0.15, 0.2) is 29.1 Å². The Hall–Kier alpha value is -3.07. The van der Waals surface area contributed by atoms with Crippen LogP contribution in [0.4, 0.5) is 11.4 Å². The monoisotopic (exact) mass is 280 g/mol. The van der Waals surface area contributed by atoms with E-state index in [1.807, 2.05) is 24.3 Å². The van der Waals surface area contributed by atoms with E-state index < -0.39 is 5.56 Å². The van der Waals surface area contributed by atoms with Gasteiger partial charge in [-0.1, -0.05) is 6.07 Å². The fourth-order valence-corrected chi connectivity index (χ4v) is 2.35. The van der Waals surface area contributed by atoms with Crippen molar-refractivity contribution in [2.75, 3.05) is 17.2 Å². The minimum Gasteiger partial charge on any atom is -0.374 e. The number of fused-ring (bicyclic) bond motifs is 1. The second-order valence-corrected chi connectivity index (χ2v) is 4.82. The average molecular weight is 280 g/mol. The molecular weight excluding hydrogens is 268 g/mol. The number of nitrogens with one attached hydrogen (secondary N) is 3. The highest BCUT2D eigenvalue weighted by Gasteiger charge is 2.15. The molecule has 0 aliphatic carbocycles. The molecule has 1 amide bonds. The lowest BCUT2D eigenvalue weighted by molar-refractivity contribution is -0.114. The van der Waals surface area contributed by atoms with Gasteiger partial charge in [-0.3, -0.25) is 9.59 Å². The maximum absolute atomic E-state index is 11.6. The molecule has 0 saturated heterocycles. The van der Waals surface area contributed by atoms with Crippen LogP contribution in [0.3, 0.4) is 0 Å². The summed E-state index contributed by atoms with van der Waals surface area (Å²) in [6, 6.07) is 9.00. The SMILES string of the molecule is Cc1[nH]c(=O)c(C#N)cc1-c1ccc2c(c1)NC(=O)CN2. The number of benzene rings is 1. The Kier molecular flexibility index (Phi) is 2.95. The van der Waals surface area contributed by atoms with Crippen molar-refractivity contribution >= 4 is 17.3 Å². The van der Waals surface area contributed by atoms with Crippen molar-refractivity contribution in [1.29, 1.82) is 5.26 Å². The fraction of sp³-hybridized carbons (Fsp3) is 0.133. The first kappa shape index (κ1) is 12.9. The molecule has 0 atom stereocenters. The number of aryl methyl sites for hydroxylation is 1. The van der Waals surface area contributed by atoms with Crippen molar-refractivity contribution in [3.8, 4) is 17.2 Å². The van der Waals surface area contributed by atoms with Gasteiger partial charge in [0.05, 0.1) is 17.9 Å². The van der Waals surface area contributed by atoms with E-state index in [9.17, 15) is 9.59 Å². The zero-order valence-electron chi connectivity index (χ0n) is 11.3. The highest BCUT2D eigenvalue weighted by molar-refractivity contribution is 6.01. The maximum Gasteiger partial charge on any atom is 0.266 e. The van der Waals surface area contributed by atoms with Crippen molar-refractivity contribution in [3.63, 3.8) is 0 Å². The summed E-state index contributed by atoms with van der Waals surface area (Å²) in [5.41, 5.74) is 3.46. The van der Waals surface area contributed by atoms with Crippen LogP contribution in [-0.2, 0) is 4.79 Å². The van der Waals surface area contributed by atoms with Gasteiger partial charge in [-0.2, -0.15) is 5.26 Å². The van der Waals surface area contributed by atoms with Gasteiger partial charge < -0.3 is 15.6 Å². The second-order valence-electron chi connectivity index (χ2n) is 4.82. The normalized spacial score (nSPS) is 12.9. The lowest BCUT2D eigenvalue weighted by atomic mass is 10.0. The van der Waals surface area contributed by atoms with Crippen molar-refractivity contribution in [2.45, 2.75) is 6.92 Å². The quantitative estimate of drug-likeness (QED) is 0.738. The van der Waals surface area contributed by atoms with Gasteiger partial charge in [-0.05, 0) is 30.7 Å². The van der Waals surface area contributed by atoms with Crippen LogP contribution in [0, 0.1) is 18.3 Å². The lowest BCUT2D eigenvalue weighted by Gasteiger charge is -2.19. The lowest BCUT2D eigenvalue weighted by Crippen LogP contribution is -2.27. The van der Waals surface area contributed by atoms with Crippen LogP contribution >= 0.6 is 0 Å². The smallest absolute Gasteiger partial charge is 0.266 e. The molecule has 0 bridgehead atoms. The minimum absolute atomic E-state index is 0.0653. The van der Waals surface area contributed by atoms with Gasteiger partial charge >= 0.3 is 0 Å². The largest absolute Gasteiger partial charge is 0.374 e. The number of hydrogen-bond donors (Lipinski definition) is 3. The number of pyridine rings is 1. The summed E-state index contributed by atoms with van der Waals surface area (Å²) in [4.78, 5) is 25.7. The number of carbonyl (C=O) groups excluding carboxylic acids is 1. The third-order valence-corrected chi connectivity index (χ3v) is 3.40. The van der Waals surface area contributed by atoms with Gasteiger partial charge in [0.2, 0.25) is 5.91 Å². The molecule has 0 unspecified atom stereocenters. The topological polar surface area (TPSA) is 97.8 Å². The fourth-order valence-electron chi connectivity index (χ4n) is 2.35. The van der Waals surface area contributed by atoms with E-state index in [1.165, 1.54) is 0 Å². The van der Waals surface area contributed by atoms with Crippen LogP contribution in [-0.4, -0.2) is 17.4 Å². The Morgan fingerprint density at radius 1 is 1.19 bits per heavy atom. The molecule has 0 spiro atoms. The highest BCUT2D eigenvalue weighted by Crippen LogP contribution is 2.31. The molecule has 6 heteroatoms. The summed E-state index contributed by atoms with van der Waals surface area (Å²) in [5, 5.41) is 14.8. The van der Waals surface area contributed by atoms with Gasteiger partial charge in [0.15, 0.2) is 0 Å². The molecule has 0 fully saturated rings. The number of amides is 1. The number of aromatic nitrogens is 1. The van der Waals surface area contributed by atoms with Gasteiger partial charge in [0.1, 0.15) is 11.6 Å². The molecule has 0 saturated carbocycles. The van der Waals surface area contributed by atoms with Gasteiger partial charge in [0.25, 0.3) is 5.56 Å². The number of carbonyl (C=O) groups is 1. The first-order valence-corrected chi connectivity index (χ1v) is 6.40. The molecule has 21 heavy (non-hydrogen) atoms. The molecule has 1 aromatic carbocycles. The van der Waals surface area contributed by atoms with Crippen molar-refractivity contribution in [3.05, 3.63) is 45.9 Å². The predicted molar refractivity (Wildman–Crippen MR) is 79.1 cm³/mol. The molecule has 1 aromatic heterocycles. The van der Waals surface area contributed by atoms with Gasteiger partial charge in [-0.25, -0.2) is 0 Å². The summed E-state index contributed by atoms with van der Waals surface area (Å²) in [6.45, 7) is 2.02. The van der Waals surface area contributed by atoms with E-state index >= 15 is 0 Å². The number of rotatable bonds is 1. The molecule has 1 aliphatic heterocycles. The first-order chi connectivity index (χ1) is 10.1. The van der Waals surface area contributed by atoms with Crippen LogP contribution in [0.5, 0.6) is 0 Å². The second kappa shape index (κ2) is 4.80. The Morgan fingerprint density at radius 3 is 2.76 bits per heavy atom. The molecule has 6 nitrogen and oxygen atoms in total. The summed E-state index contributed by atoms with van der Waals surface area (Å²) in [5.74, 6) is -0.101. The standard InChI is InChI=1S/C15H12N4O2/c1-8-11(4-10(6-16)15(21)18-8)9-2-3-12-13(5-9)19-14(20)7-17-12/h2-5,17H,7H2,1H3,(H,18,21)(H,19,20). The molecule has 104 valence electrons. The first-order valence-electron chi connectivity index (χ1n) is 6.40. The van der Waals surface area contributed by atoms with Gasteiger partial charge in [-0.15, -0.1) is 0 Å². The number of anilines is 2. The Labute approximate surface area is 120 Å². The average Bonchev–Trinajstić information content (AvgIpc) is 2.46. The van der Waals surface area contributed by atoms with E-state index in [4.69, 9.17) is 5.26 Å². The van der Waals surface area contributed by atoms with E-state index in [0.717, 1.165) is 16.8 Å². The molecular formula is C15H12N4O2. The molecule has 1 aliphatic rings. The van der Waals surface area contributed by atoms with E-state index in [-0.39, 0.29) is 18.0 Å². The minimum atomic E-state index is -0.397. The molecule has 0 radical (unpaired) electrons. The molecule has 2 heterocycles. The number of H-pyrrole nitrogens is 1. The van der Waals surface area contributed by atoms with Crippen LogP contribution in [0.2, 0.25) is 0 Å². The Morgan fingerprint density at radius 2 is 2.00 bits per heavy atom. The predicted octanol–water partition coefficient (Wildman–Crippen LogP) is 1.59. The number of aromatic amines is 1. The number of nitrogens with zero attached hydrogens (tertiary/aromatic N) is 1. The van der Waals surface area contributed by atoms with Crippen molar-refractivity contribution in [2.24, 2.45) is 0 Å². The molecule has 2 aromatic rings. The Balaban J connectivity index is 2.14. The Bertz CT molecular complexity index is 846. The summed E-state index contributed by atoms with van der Waals surface area (Å²) < 4.78 is 0. The van der Waals surface area contributed by atoms with E-state index in [1.54, 1.807) is 13.0 Å². The zero-order chi connectivity index (χ0) is 15.0. The number of nitriles is 1. The molecule has 3 N–H and O–H groups in total. The van der Waals surface area contributed by atoms with Crippen molar-refractivity contribution in [1.82, 2.24) is 4.98 Å². The number of hydrogen-bond acceptors (Lipinski definition) is 4. The van der Waals surface area contributed by atoms with Crippen LogP contribution in [0.25, 0.3) is 11.1 Å². The summed E-state index contributed by atoms with van der Waals surface area (Å²) in [7, 11) is 0. The van der Waals surface area contributed by atoms with Crippen LogP contribution < -0.4 is 16.2 Å². The maximum atomic E-state index is 11.6. The zero-order valence-corrected chi connectivity index (χ0v) is 11.3.